The summed E-state index contributed by atoms with van der Waals surface area (Å²) in [7, 11) is 1.24. The van der Waals surface area contributed by atoms with Gasteiger partial charge < -0.3 is 10.1 Å². The van der Waals surface area contributed by atoms with Gasteiger partial charge in [-0.1, -0.05) is 49.4 Å². The molecule has 0 spiro atoms. The van der Waals surface area contributed by atoms with Crippen LogP contribution in [0.15, 0.2) is 73.1 Å². The Labute approximate surface area is 211 Å². The number of hydrogen-bond donors (Lipinski definition) is 1. The van der Waals surface area contributed by atoms with Gasteiger partial charge in [0, 0.05) is 11.8 Å². The van der Waals surface area contributed by atoms with Crippen LogP contribution >= 0.6 is 0 Å². The molecule has 0 saturated heterocycles. The molecule has 4 rings (SSSR count). The number of alkyl halides is 3. The average molecular weight is 511 g/mol. The highest BCUT2D eigenvalue weighted by atomic mass is 19.4. The topological polar surface area (TPSA) is 85.6 Å². The molecule has 0 radical (unpaired) electrons. The van der Waals surface area contributed by atoms with Gasteiger partial charge in [-0.15, -0.1) is 0 Å². The summed E-state index contributed by atoms with van der Waals surface area (Å²) in [5, 5.41) is 7.16. The molecule has 0 saturated carbocycles. The Hall–Kier alpha value is -4.21. The number of nitrogens with zero attached hydrogens (tertiary/aromatic N) is 3. The summed E-state index contributed by atoms with van der Waals surface area (Å²) in [4.78, 5) is 29.9. The molecule has 0 bridgehead atoms. The molecule has 2 aromatic heterocycles. The summed E-state index contributed by atoms with van der Waals surface area (Å²) in [6, 6.07) is 15.9. The molecule has 192 valence electrons. The molecule has 1 amide bonds. The first-order valence-corrected chi connectivity index (χ1v) is 11.6. The zero-order valence-corrected chi connectivity index (χ0v) is 20.2. The number of carbonyl (C=O) groups excluding carboxylic acids is 2. The van der Waals surface area contributed by atoms with Gasteiger partial charge in [0.05, 0.1) is 30.0 Å². The quantitative estimate of drug-likeness (QED) is 0.351. The van der Waals surface area contributed by atoms with E-state index in [1.54, 1.807) is 12.3 Å². The zero-order valence-electron chi connectivity index (χ0n) is 20.2. The molecular weight excluding hydrogens is 485 g/mol. The molecule has 1 atom stereocenters. The van der Waals surface area contributed by atoms with Gasteiger partial charge in [0.1, 0.15) is 6.54 Å². The molecule has 0 aliphatic rings. The van der Waals surface area contributed by atoms with E-state index in [0.717, 1.165) is 17.7 Å². The minimum Gasteiger partial charge on any atom is -0.468 e. The second-order valence-electron chi connectivity index (χ2n) is 8.56. The second kappa shape index (κ2) is 10.4. The predicted octanol–water partition coefficient (Wildman–Crippen LogP) is 4.59. The van der Waals surface area contributed by atoms with Crippen molar-refractivity contribution in [2.75, 3.05) is 13.7 Å². The van der Waals surface area contributed by atoms with Crippen molar-refractivity contribution < 1.29 is 27.5 Å². The van der Waals surface area contributed by atoms with Crippen LogP contribution in [0.25, 0.3) is 16.8 Å². The van der Waals surface area contributed by atoms with Crippen molar-refractivity contribution in [2.45, 2.75) is 31.4 Å². The van der Waals surface area contributed by atoms with Crippen LogP contribution in [0, 0.1) is 0 Å². The lowest BCUT2D eigenvalue weighted by molar-refractivity contribution is -0.142. The monoisotopic (exact) mass is 510 g/mol. The summed E-state index contributed by atoms with van der Waals surface area (Å²) in [5.41, 5.74) is 0.964. The van der Waals surface area contributed by atoms with E-state index in [2.05, 4.69) is 20.1 Å². The van der Waals surface area contributed by atoms with Crippen LogP contribution in [-0.4, -0.2) is 40.1 Å². The fourth-order valence-corrected chi connectivity index (χ4v) is 4.39. The van der Waals surface area contributed by atoms with Crippen molar-refractivity contribution in [1.82, 2.24) is 19.9 Å². The van der Waals surface area contributed by atoms with E-state index in [4.69, 9.17) is 0 Å². The van der Waals surface area contributed by atoms with E-state index >= 15 is 0 Å². The third kappa shape index (κ3) is 5.18. The average Bonchev–Trinajstić information content (AvgIpc) is 3.35. The van der Waals surface area contributed by atoms with Crippen LogP contribution < -0.4 is 5.32 Å². The van der Waals surface area contributed by atoms with Crippen molar-refractivity contribution in [3.8, 4) is 11.1 Å². The number of fused-ring (bicyclic) bond motifs is 1. The van der Waals surface area contributed by atoms with Gasteiger partial charge in [0.15, 0.2) is 5.65 Å². The number of halogens is 3. The third-order valence-corrected chi connectivity index (χ3v) is 6.42. The molecule has 37 heavy (non-hydrogen) atoms. The van der Waals surface area contributed by atoms with Crippen LogP contribution in [0.5, 0.6) is 0 Å². The fraction of sp³-hybridized carbons (Fsp3) is 0.259. The number of benzene rings is 2. The minimum atomic E-state index is -4.44. The van der Waals surface area contributed by atoms with Crippen LogP contribution in [0.2, 0.25) is 0 Å². The number of carbonyl (C=O) groups is 2. The number of rotatable bonds is 8. The van der Waals surface area contributed by atoms with Crippen molar-refractivity contribution in [3.63, 3.8) is 0 Å². The van der Waals surface area contributed by atoms with Crippen LogP contribution in [-0.2, 0) is 32.3 Å². The van der Waals surface area contributed by atoms with Crippen LogP contribution in [0.3, 0.4) is 0 Å². The molecule has 10 heteroatoms. The number of amides is 1. The van der Waals surface area contributed by atoms with E-state index in [9.17, 15) is 22.8 Å². The van der Waals surface area contributed by atoms with E-state index in [1.807, 2.05) is 37.3 Å². The van der Waals surface area contributed by atoms with Crippen molar-refractivity contribution >= 4 is 17.5 Å². The van der Waals surface area contributed by atoms with E-state index in [-0.39, 0.29) is 12.5 Å². The molecule has 0 aliphatic carbocycles. The van der Waals surface area contributed by atoms with Gasteiger partial charge in [0.2, 0.25) is 5.91 Å². The first kappa shape index (κ1) is 25.9. The summed E-state index contributed by atoms with van der Waals surface area (Å²) < 4.78 is 45.3. The summed E-state index contributed by atoms with van der Waals surface area (Å²) in [6.07, 6.45) is -0.706. The number of aromatic nitrogens is 3. The highest BCUT2D eigenvalue weighted by Gasteiger charge is 2.41. The minimum absolute atomic E-state index is 0.296. The summed E-state index contributed by atoms with van der Waals surface area (Å²) in [6.45, 7) is 1.57. The molecule has 2 heterocycles. The Morgan fingerprint density at radius 1 is 1.03 bits per heavy atom. The lowest BCUT2D eigenvalue weighted by Gasteiger charge is -2.32. The van der Waals surface area contributed by atoms with Gasteiger partial charge in [-0.2, -0.15) is 18.3 Å². The van der Waals surface area contributed by atoms with Crippen molar-refractivity contribution in [2.24, 2.45) is 0 Å². The number of nitrogens with one attached hydrogen (secondary N) is 1. The Balaban J connectivity index is 1.82. The SMILES string of the molecule is CCC(Cc1ccccc1)(C(=O)NCC(=O)OC)c1ccnc2c(-c3ccc(C(F)(F)F)cc3)cnn12. The van der Waals surface area contributed by atoms with Crippen molar-refractivity contribution in [1.29, 1.82) is 0 Å². The predicted molar refractivity (Wildman–Crippen MR) is 131 cm³/mol. The van der Waals surface area contributed by atoms with Crippen molar-refractivity contribution in [3.05, 3.63) is 89.9 Å². The Bertz CT molecular complexity index is 1400. The van der Waals surface area contributed by atoms with Gasteiger partial charge in [-0.3, -0.25) is 9.59 Å². The van der Waals surface area contributed by atoms with E-state index in [0.29, 0.717) is 35.3 Å². The largest absolute Gasteiger partial charge is 0.468 e. The highest BCUT2D eigenvalue weighted by Crippen LogP contribution is 2.35. The summed E-state index contributed by atoms with van der Waals surface area (Å²) >= 11 is 0. The van der Waals surface area contributed by atoms with E-state index in [1.165, 1.54) is 30.0 Å². The lowest BCUT2D eigenvalue weighted by atomic mass is 9.75. The Morgan fingerprint density at radius 2 is 1.73 bits per heavy atom. The maximum atomic E-state index is 13.7. The maximum absolute atomic E-state index is 13.7. The van der Waals surface area contributed by atoms with Gasteiger partial charge in [-0.25, -0.2) is 9.50 Å². The smallest absolute Gasteiger partial charge is 0.416 e. The highest BCUT2D eigenvalue weighted by molar-refractivity contribution is 5.91. The van der Waals surface area contributed by atoms with Gasteiger partial charge in [-0.05, 0) is 42.2 Å². The first-order valence-electron chi connectivity index (χ1n) is 11.6. The van der Waals surface area contributed by atoms with Gasteiger partial charge in [0.25, 0.3) is 0 Å². The lowest BCUT2D eigenvalue weighted by Crippen LogP contribution is -2.48. The van der Waals surface area contributed by atoms with Crippen LogP contribution in [0.1, 0.15) is 30.2 Å². The standard InChI is InChI=1S/C27H25F3N4O3/c1-3-26(15-18-7-5-4-6-8-18,25(36)32-17-23(35)37-2)22-13-14-31-24-21(16-33-34(22)24)19-9-11-20(12-10-19)27(28,29)30/h4-14,16H,3,15,17H2,1-2H3,(H,32,36). The first-order chi connectivity index (χ1) is 17.7. The molecule has 0 aliphatic heterocycles. The number of methoxy groups -OCH3 is 1. The number of esters is 1. The maximum Gasteiger partial charge on any atom is 0.416 e. The second-order valence-corrected chi connectivity index (χ2v) is 8.56. The number of ether oxygens (including phenoxy) is 1. The Kier molecular flexibility index (Phi) is 7.28. The fourth-order valence-electron chi connectivity index (χ4n) is 4.39. The zero-order chi connectivity index (χ0) is 26.6. The van der Waals surface area contributed by atoms with Gasteiger partial charge >= 0.3 is 12.1 Å². The van der Waals surface area contributed by atoms with E-state index < -0.39 is 23.1 Å². The Morgan fingerprint density at radius 3 is 2.35 bits per heavy atom. The summed E-state index contributed by atoms with van der Waals surface area (Å²) in [5.74, 6) is -0.968. The van der Waals surface area contributed by atoms with Crippen LogP contribution in [0.4, 0.5) is 13.2 Å². The molecule has 2 aromatic carbocycles. The molecule has 7 nitrogen and oxygen atoms in total. The molecular formula is C27H25F3N4O3. The molecule has 0 fully saturated rings. The molecule has 1 N–H and O–H groups in total. The third-order valence-electron chi connectivity index (χ3n) is 6.42. The molecule has 4 aromatic rings. The molecule has 1 unspecified atom stereocenters. The number of hydrogen-bond acceptors (Lipinski definition) is 5. The normalized spacial score (nSPS) is 13.2.